The molecule has 0 unspecified atom stereocenters. The van der Waals surface area contributed by atoms with Gasteiger partial charge >= 0.3 is 0 Å². The predicted molar refractivity (Wildman–Crippen MR) is 84.1 cm³/mol. The smallest absolute Gasteiger partial charge is 0.239 e. The third-order valence-electron chi connectivity index (χ3n) is 3.10. The van der Waals surface area contributed by atoms with E-state index >= 15 is 0 Å². The van der Waals surface area contributed by atoms with Gasteiger partial charge in [-0.3, -0.25) is 4.79 Å². The van der Waals surface area contributed by atoms with Crippen LogP contribution in [0.25, 0.3) is 11.3 Å². The normalized spacial score (nSPS) is 10.6. The number of carbonyl (C=O) groups is 1. The highest BCUT2D eigenvalue weighted by atomic mass is 32.1. The van der Waals surface area contributed by atoms with Crippen molar-refractivity contribution >= 4 is 22.4 Å². The second-order valence-corrected chi connectivity index (χ2v) is 5.80. The number of carbonyl (C=O) groups excluding carboxylic acids is 1. The molecule has 0 aliphatic rings. The molecule has 5 heteroatoms. The Labute approximate surface area is 123 Å². The monoisotopic (exact) mass is 289 g/mol. The highest BCUT2D eigenvalue weighted by Gasteiger charge is 2.15. The standard InChI is InChI=1S/C15H19N3OS/c1-4-12-14(11-7-9(2)5-6-10(11)3)18-15(20-12)17-13(19)8-16/h5-7H,4,8,16H2,1-3H3,(H,17,18,19). The zero-order chi connectivity index (χ0) is 14.7. The van der Waals surface area contributed by atoms with Crippen molar-refractivity contribution in [3.8, 4) is 11.3 Å². The van der Waals surface area contributed by atoms with Gasteiger partial charge in [0, 0.05) is 10.4 Å². The number of anilines is 1. The minimum absolute atomic E-state index is 0.0279. The Balaban J connectivity index is 2.45. The Bertz CT molecular complexity index is 634. The number of nitrogens with zero attached hydrogens (tertiary/aromatic N) is 1. The van der Waals surface area contributed by atoms with Crippen LogP contribution in [0.1, 0.15) is 22.9 Å². The average Bonchev–Trinajstić information content (AvgIpc) is 2.84. The van der Waals surface area contributed by atoms with Gasteiger partial charge in [-0.1, -0.05) is 24.6 Å². The summed E-state index contributed by atoms with van der Waals surface area (Å²) in [5, 5.41) is 3.35. The molecule has 1 amide bonds. The summed E-state index contributed by atoms with van der Waals surface area (Å²) in [6.45, 7) is 6.21. The zero-order valence-electron chi connectivity index (χ0n) is 12.0. The zero-order valence-corrected chi connectivity index (χ0v) is 12.8. The van der Waals surface area contributed by atoms with Gasteiger partial charge in [0.2, 0.25) is 5.91 Å². The molecule has 0 saturated heterocycles. The lowest BCUT2D eigenvalue weighted by molar-refractivity contribution is -0.114. The number of aromatic nitrogens is 1. The Morgan fingerprint density at radius 1 is 1.40 bits per heavy atom. The van der Waals surface area contributed by atoms with Crippen LogP contribution in [-0.4, -0.2) is 17.4 Å². The number of amides is 1. The lowest BCUT2D eigenvalue weighted by atomic mass is 10.0. The van der Waals surface area contributed by atoms with E-state index in [1.165, 1.54) is 27.3 Å². The molecule has 0 aliphatic heterocycles. The summed E-state index contributed by atoms with van der Waals surface area (Å²) in [7, 11) is 0. The van der Waals surface area contributed by atoms with Crippen LogP contribution in [0.5, 0.6) is 0 Å². The lowest BCUT2D eigenvalue weighted by Crippen LogP contribution is -2.21. The van der Waals surface area contributed by atoms with Gasteiger partial charge in [0.1, 0.15) is 0 Å². The molecule has 1 aromatic carbocycles. The van der Waals surface area contributed by atoms with Crippen LogP contribution in [0.2, 0.25) is 0 Å². The molecule has 0 fully saturated rings. The van der Waals surface area contributed by atoms with E-state index in [2.05, 4.69) is 49.3 Å². The van der Waals surface area contributed by atoms with E-state index in [-0.39, 0.29) is 12.5 Å². The van der Waals surface area contributed by atoms with Gasteiger partial charge in [-0.25, -0.2) is 4.98 Å². The van der Waals surface area contributed by atoms with Gasteiger partial charge in [-0.05, 0) is 31.9 Å². The van der Waals surface area contributed by atoms with E-state index in [9.17, 15) is 4.79 Å². The minimum Gasteiger partial charge on any atom is -0.322 e. The number of hydrogen-bond donors (Lipinski definition) is 2. The SMILES string of the molecule is CCc1sc(NC(=O)CN)nc1-c1cc(C)ccc1C. The molecule has 3 N–H and O–H groups in total. The second kappa shape index (κ2) is 6.15. The van der Waals surface area contributed by atoms with Crippen molar-refractivity contribution in [2.45, 2.75) is 27.2 Å². The van der Waals surface area contributed by atoms with Gasteiger partial charge < -0.3 is 11.1 Å². The maximum Gasteiger partial charge on any atom is 0.239 e. The maximum absolute atomic E-state index is 11.4. The van der Waals surface area contributed by atoms with Crippen LogP contribution >= 0.6 is 11.3 Å². The van der Waals surface area contributed by atoms with Crippen molar-refractivity contribution in [1.82, 2.24) is 4.98 Å². The molecule has 0 bridgehead atoms. The number of hydrogen-bond acceptors (Lipinski definition) is 4. The molecule has 106 valence electrons. The Hall–Kier alpha value is -1.72. The molecule has 0 saturated carbocycles. The van der Waals surface area contributed by atoms with Crippen molar-refractivity contribution in [2.24, 2.45) is 5.73 Å². The van der Waals surface area contributed by atoms with Crippen LogP contribution in [0.4, 0.5) is 5.13 Å². The summed E-state index contributed by atoms with van der Waals surface area (Å²) in [5.74, 6) is -0.214. The molecule has 0 spiro atoms. The third-order valence-corrected chi connectivity index (χ3v) is 4.21. The Morgan fingerprint density at radius 2 is 2.15 bits per heavy atom. The lowest BCUT2D eigenvalue weighted by Gasteiger charge is -2.06. The van der Waals surface area contributed by atoms with Gasteiger partial charge in [-0.15, -0.1) is 11.3 Å². The number of benzene rings is 1. The topological polar surface area (TPSA) is 68.0 Å². The molecule has 0 aliphatic carbocycles. The predicted octanol–water partition coefficient (Wildman–Crippen LogP) is 2.89. The van der Waals surface area contributed by atoms with Gasteiger partial charge in [0.25, 0.3) is 0 Å². The van der Waals surface area contributed by atoms with E-state index in [0.717, 1.165) is 17.7 Å². The fourth-order valence-corrected chi connectivity index (χ4v) is 2.95. The van der Waals surface area contributed by atoms with Gasteiger partial charge in [-0.2, -0.15) is 0 Å². The van der Waals surface area contributed by atoms with Crippen LogP contribution in [0.3, 0.4) is 0 Å². The van der Waals surface area contributed by atoms with Crippen molar-refractivity contribution in [1.29, 1.82) is 0 Å². The summed E-state index contributed by atoms with van der Waals surface area (Å²) < 4.78 is 0. The quantitative estimate of drug-likeness (QED) is 0.909. The van der Waals surface area contributed by atoms with E-state index in [0.29, 0.717) is 5.13 Å². The number of rotatable bonds is 4. The summed E-state index contributed by atoms with van der Waals surface area (Å²) in [6, 6.07) is 6.33. The minimum atomic E-state index is -0.214. The van der Waals surface area contributed by atoms with Crippen molar-refractivity contribution < 1.29 is 4.79 Å². The maximum atomic E-state index is 11.4. The molecule has 20 heavy (non-hydrogen) atoms. The van der Waals surface area contributed by atoms with Crippen molar-refractivity contribution in [2.75, 3.05) is 11.9 Å². The van der Waals surface area contributed by atoms with E-state index in [1.54, 1.807) is 0 Å². The summed E-state index contributed by atoms with van der Waals surface area (Å²) in [6.07, 6.45) is 0.888. The average molecular weight is 289 g/mol. The molecule has 2 aromatic rings. The number of thiazole rings is 1. The van der Waals surface area contributed by atoms with Gasteiger partial charge in [0.15, 0.2) is 5.13 Å². The summed E-state index contributed by atoms with van der Waals surface area (Å²) >= 11 is 1.51. The van der Waals surface area contributed by atoms with Gasteiger partial charge in [0.05, 0.1) is 12.2 Å². The van der Waals surface area contributed by atoms with E-state index in [4.69, 9.17) is 5.73 Å². The number of aryl methyl sites for hydroxylation is 3. The molecule has 1 aromatic heterocycles. The third kappa shape index (κ3) is 3.05. The van der Waals surface area contributed by atoms with Crippen LogP contribution in [0.15, 0.2) is 18.2 Å². The summed E-state index contributed by atoms with van der Waals surface area (Å²) in [4.78, 5) is 17.1. The molecular formula is C15H19N3OS. The highest BCUT2D eigenvalue weighted by molar-refractivity contribution is 7.16. The molecule has 0 atom stereocenters. The first-order valence-corrected chi connectivity index (χ1v) is 7.44. The second-order valence-electron chi connectivity index (χ2n) is 4.72. The van der Waals surface area contributed by atoms with Crippen molar-refractivity contribution in [3.05, 3.63) is 34.2 Å². The molecule has 4 nitrogen and oxygen atoms in total. The van der Waals surface area contributed by atoms with Crippen LogP contribution in [-0.2, 0) is 11.2 Å². The Morgan fingerprint density at radius 3 is 2.80 bits per heavy atom. The largest absolute Gasteiger partial charge is 0.322 e. The van der Waals surface area contributed by atoms with Crippen LogP contribution < -0.4 is 11.1 Å². The highest BCUT2D eigenvalue weighted by Crippen LogP contribution is 2.33. The van der Waals surface area contributed by atoms with Crippen molar-refractivity contribution in [3.63, 3.8) is 0 Å². The molecule has 2 rings (SSSR count). The molecular weight excluding hydrogens is 270 g/mol. The van der Waals surface area contributed by atoms with Crippen LogP contribution in [0, 0.1) is 13.8 Å². The first-order chi connectivity index (χ1) is 9.55. The fraction of sp³-hybridized carbons (Fsp3) is 0.333. The number of nitrogens with two attached hydrogens (primary N) is 1. The summed E-state index contributed by atoms with van der Waals surface area (Å²) in [5.41, 5.74) is 9.80. The van der Waals surface area contributed by atoms with E-state index < -0.39 is 0 Å². The first-order valence-electron chi connectivity index (χ1n) is 6.62. The fourth-order valence-electron chi connectivity index (χ4n) is 2.02. The molecule has 0 radical (unpaired) electrons. The molecule has 1 heterocycles. The van der Waals surface area contributed by atoms with E-state index in [1.807, 2.05) is 0 Å². The first kappa shape index (κ1) is 14.7. The number of nitrogens with one attached hydrogen (secondary N) is 1. The Kier molecular flexibility index (Phi) is 4.52.